The van der Waals surface area contributed by atoms with Gasteiger partial charge in [-0.3, -0.25) is 9.38 Å². The van der Waals surface area contributed by atoms with Crippen LogP contribution in [0.5, 0.6) is 0 Å². The fourth-order valence-corrected chi connectivity index (χ4v) is 2.04. The molecule has 3 heterocycles. The predicted molar refractivity (Wildman–Crippen MR) is 73.7 cm³/mol. The second kappa shape index (κ2) is 5.00. The molecule has 0 atom stereocenters. The number of hydrogen-bond acceptors (Lipinski definition) is 4. The molecule has 3 aromatic rings. The smallest absolute Gasteiger partial charge is 0.372 e. The molecule has 20 heavy (non-hydrogen) atoms. The Morgan fingerprint density at radius 3 is 2.95 bits per heavy atom. The second-order valence-electron chi connectivity index (χ2n) is 4.24. The van der Waals surface area contributed by atoms with E-state index in [2.05, 4.69) is 15.3 Å². The van der Waals surface area contributed by atoms with E-state index in [0.29, 0.717) is 12.2 Å². The number of imidazole rings is 1. The molecule has 6 nitrogen and oxygen atoms in total. The molecule has 0 aliphatic rings. The minimum Gasteiger partial charge on any atom is -0.475 e. The minimum atomic E-state index is -1.04. The normalized spacial score (nSPS) is 10.6. The number of nitrogens with zero attached hydrogens (tertiary/aromatic N) is 3. The number of anilines is 1. The van der Waals surface area contributed by atoms with Crippen molar-refractivity contribution in [2.75, 3.05) is 5.32 Å². The third kappa shape index (κ3) is 2.18. The van der Waals surface area contributed by atoms with Crippen LogP contribution < -0.4 is 5.32 Å². The van der Waals surface area contributed by atoms with E-state index in [1.165, 1.54) is 0 Å². The highest BCUT2D eigenvalue weighted by Crippen LogP contribution is 2.15. The quantitative estimate of drug-likeness (QED) is 0.757. The summed E-state index contributed by atoms with van der Waals surface area (Å²) in [6.45, 7) is 0.437. The Bertz CT molecular complexity index is 752. The van der Waals surface area contributed by atoms with Crippen molar-refractivity contribution in [3.8, 4) is 0 Å². The predicted octanol–water partition coefficient (Wildman–Crippen LogP) is 2.04. The molecule has 0 radical (unpaired) electrons. The summed E-state index contributed by atoms with van der Waals surface area (Å²) < 4.78 is 1.57. The largest absolute Gasteiger partial charge is 0.475 e. The van der Waals surface area contributed by atoms with E-state index in [4.69, 9.17) is 5.11 Å². The lowest BCUT2D eigenvalue weighted by Gasteiger charge is -2.03. The van der Waals surface area contributed by atoms with Crippen molar-refractivity contribution in [3.63, 3.8) is 0 Å². The molecule has 0 bridgehead atoms. The van der Waals surface area contributed by atoms with Crippen molar-refractivity contribution in [2.24, 2.45) is 0 Å². The van der Waals surface area contributed by atoms with E-state index in [9.17, 15) is 4.79 Å². The molecule has 0 spiro atoms. The van der Waals surface area contributed by atoms with Crippen molar-refractivity contribution in [2.45, 2.75) is 6.54 Å². The Morgan fingerprint density at radius 2 is 2.20 bits per heavy atom. The van der Waals surface area contributed by atoms with E-state index in [1.54, 1.807) is 29.1 Å². The summed E-state index contributed by atoms with van der Waals surface area (Å²) in [4.78, 5) is 19.4. The van der Waals surface area contributed by atoms with Gasteiger partial charge in [0, 0.05) is 18.6 Å². The van der Waals surface area contributed by atoms with Crippen molar-refractivity contribution in [3.05, 3.63) is 60.4 Å². The fourth-order valence-electron chi connectivity index (χ4n) is 2.04. The molecule has 0 aromatic carbocycles. The third-order valence-corrected chi connectivity index (χ3v) is 2.94. The maximum Gasteiger partial charge on any atom is 0.372 e. The van der Waals surface area contributed by atoms with E-state index in [-0.39, 0.29) is 5.82 Å². The summed E-state index contributed by atoms with van der Waals surface area (Å²) in [5.41, 5.74) is 2.33. The average molecular weight is 268 g/mol. The van der Waals surface area contributed by atoms with Gasteiger partial charge >= 0.3 is 5.97 Å². The highest BCUT2D eigenvalue weighted by molar-refractivity contribution is 5.85. The van der Waals surface area contributed by atoms with Crippen LogP contribution in [0.1, 0.15) is 16.3 Å². The van der Waals surface area contributed by atoms with Crippen LogP contribution in [0.2, 0.25) is 0 Å². The van der Waals surface area contributed by atoms with Crippen molar-refractivity contribution >= 4 is 17.2 Å². The fraction of sp³-hybridized carbons (Fsp3) is 0.0714. The molecule has 0 aliphatic heterocycles. The summed E-state index contributed by atoms with van der Waals surface area (Å²) in [6.07, 6.45) is 5.09. The Balaban J connectivity index is 1.94. The highest BCUT2D eigenvalue weighted by atomic mass is 16.4. The van der Waals surface area contributed by atoms with Gasteiger partial charge in [0.25, 0.3) is 0 Å². The van der Waals surface area contributed by atoms with Gasteiger partial charge in [0.1, 0.15) is 0 Å². The number of carboxylic acids is 1. The van der Waals surface area contributed by atoms with Crippen LogP contribution in [0.25, 0.3) is 5.52 Å². The number of carboxylic acid groups (broad SMARTS) is 1. The number of fused-ring (bicyclic) bond motifs is 1. The van der Waals surface area contributed by atoms with Crippen LogP contribution in [0, 0.1) is 0 Å². The number of nitrogens with one attached hydrogen (secondary N) is 1. The van der Waals surface area contributed by atoms with E-state index < -0.39 is 5.97 Å². The topological polar surface area (TPSA) is 79.5 Å². The summed E-state index contributed by atoms with van der Waals surface area (Å²) in [5, 5.41) is 12.3. The van der Waals surface area contributed by atoms with Gasteiger partial charge in [0.2, 0.25) is 5.82 Å². The lowest BCUT2D eigenvalue weighted by atomic mass is 10.3. The minimum absolute atomic E-state index is 0.0172. The first-order valence-corrected chi connectivity index (χ1v) is 6.09. The van der Waals surface area contributed by atoms with Crippen LogP contribution in [0.15, 0.2) is 48.9 Å². The molecule has 3 aromatic heterocycles. The summed E-state index contributed by atoms with van der Waals surface area (Å²) >= 11 is 0. The SMILES string of the molecule is O=C(O)c1nc(CNc2cccnc2)c2ccccn12. The van der Waals surface area contributed by atoms with Crippen molar-refractivity contribution in [1.29, 1.82) is 0 Å². The van der Waals surface area contributed by atoms with E-state index in [1.807, 2.05) is 24.3 Å². The van der Waals surface area contributed by atoms with Crippen LogP contribution in [0.3, 0.4) is 0 Å². The average Bonchev–Trinajstić information content (AvgIpc) is 2.85. The maximum atomic E-state index is 11.2. The molecule has 0 unspecified atom stereocenters. The molecule has 0 fully saturated rings. The molecule has 0 aliphatic carbocycles. The van der Waals surface area contributed by atoms with Crippen LogP contribution in [-0.4, -0.2) is 25.4 Å². The first kappa shape index (κ1) is 12.2. The van der Waals surface area contributed by atoms with E-state index >= 15 is 0 Å². The molecule has 3 rings (SSSR count). The van der Waals surface area contributed by atoms with Crippen LogP contribution in [0.4, 0.5) is 5.69 Å². The summed E-state index contributed by atoms with van der Waals surface area (Å²) in [7, 11) is 0. The van der Waals surface area contributed by atoms with E-state index in [0.717, 1.165) is 11.2 Å². The maximum absolute atomic E-state index is 11.2. The standard InChI is InChI=1S/C14H12N4O2/c19-14(20)13-17-11(12-5-1-2-7-18(12)13)9-16-10-4-3-6-15-8-10/h1-8,16H,9H2,(H,19,20). The number of pyridine rings is 2. The molecule has 0 amide bonds. The zero-order valence-electron chi connectivity index (χ0n) is 10.5. The van der Waals surface area contributed by atoms with Gasteiger partial charge in [0.15, 0.2) is 0 Å². The van der Waals surface area contributed by atoms with Gasteiger partial charge in [-0.2, -0.15) is 0 Å². The van der Waals surface area contributed by atoms with Gasteiger partial charge in [-0.05, 0) is 24.3 Å². The zero-order valence-corrected chi connectivity index (χ0v) is 10.5. The highest BCUT2D eigenvalue weighted by Gasteiger charge is 2.15. The zero-order chi connectivity index (χ0) is 13.9. The Morgan fingerprint density at radius 1 is 1.30 bits per heavy atom. The van der Waals surface area contributed by atoms with Crippen molar-refractivity contribution in [1.82, 2.24) is 14.4 Å². The Labute approximate surface area is 114 Å². The van der Waals surface area contributed by atoms with Crippen molar-refractivity contribution < 1.29 is 9.90 Å². The molecule has 100 valence electrons. The number of carbonyl (C=O) groups is 1. The van der Waals surface area contributed by atoms with Gasteiger partial charge in [0.05, 0.1) is 23.4 Å². The lowest BCUT2D eigenvalue weighted by molar-refractivity contribution is 0.0682. The summed E-state index contributed by atoms with van der Waals surface area (Å²) in [6, 6.07) is 9.20. The number of hydrogen-bond donors (Lipinski definition) is 2. The third-order valence-electron chi connectivity index (χ3n) is 2.94. The van der Waals surface area contributed by atoms with Crippen LogP contribution >= 0.6 is 0 Å². The Hall–Kier alpha value is -2.89. The first-order chi connectivity index (χ1) is 9.75. The molecule has 6 heteroatoms. The Kier molecular flexibility index (Phi) is 3.04. The molecule has 0 saturated carbocycles. The number of rotatable bonds is 4. The summed E-state index contributed by atoms with van der Waals surface area (Å²) in [5.74, 6) is -1.03. The number of aromatic carboxylic acids is 1. The van der Waals surface area contributed by atoms with Gasteiger partial charge in [-0.15, -0.1) is 0 Å². The number of aromatic nitrogens is 3. The van der Waals surface area contributed by atoms with Crippen LogP contribution in [-0.2, 0) is 6.54 Å². The second-order valence-corrected chi connectivity index (χ2v) is 4.24. The first-order valence-electron chi connectivity index (χ1n) is 6.09. The van der Waals surface area contributed by atoms with Gasteiger partial charge in [-0.1, -0.05) is 6.07 Å². The lowest BCUT2D eigenvalue weighted by Crippen LogP contribution is -2.03. The van der Waals surface area contributed by atoms with Gasteiger partial charge in [-0.25, -0.2) is 9.78 Å². The molecule has 2 N–H and O–H groups in total. The molecular formula is C14H12N4O2. The van der Waals surface area contributed by atoms with Gasteiger partial charge < -0.3 is 10.4 Å². The monoisotopic (exact) mass is 268 g/mol. The molecule has 0 saturated heterocycles. The molecular weight excluding hydrogens is 256 g/mol.